The van der Waals surface area contributed by atoms with E-state index < -0.39 is 41.3 Å². The first-order valence-corrected chi connectivity index (χ1v) is 12.7. The second kappa shape index (κ2) is 10.7. The number of carbonyl (C=O) groups is 1. The van der Waals surface area contributed by atoms with E-state index in [1.165, 1.54) is 25.0 Å². The molecule has 1 aliphatic heterocycles. The van der Waals surface area contributed by atoms with Gasteiger partial charge in [-0.05, 0) is 44.2 Å². The van der Waals surface area contributed by atoms with Crippen LogP contribution in [0.1, 0.15) is 34.1 Å². The number of alkyl halides is 3. The van der Waals surface area contributed by atoms with Crippen LogP contribution in [-0.4, -0.2) is 63.1 Å². The molecular weight excluding hydrogens is 552 g/mol. The zero-order valence-corrected chi connectivity index (χ0v) is 22.3. The van der Waals surface area contributed by atoms with Crippen molar-refractivity contribution in [1.29, 1.82) is 0 Å². The topological polar surface area (TPSA) is 63.0 Å². The van der Waals surface area contributed by atoms with E-state index in [1.807, 2.05) is 0 Å². The van der Waals surface area contributed by atoms with Gasteiger partial charge >= 0.3 is 6.18 Å². The van der Waals surface area contributed by atoms with Crippen molar-refractivity contribution in [1.82, 2.24) is 24.4 Å². The molecule has 5 rings (SSSR count). The molecular formula is C28H25F6N5O2. The van der Waals surface area contributed by atoms with Crippen LogP contribution in [0.5, 0.6) is 5.75 Å². The van der Waals surface area contributed by atoms with E-state index in [4.69, 9.17) is 4.74 Å². The Bertz CT molecular complexity index is 1620. The van der Waals surface area contributed by atoms with Gasteiger partial charge in [0.25, 0.3) is 5.91 Å². The molecule has 2 aromatic heterocycles. The number of rotatable bonds is 5. The number of hydrogen-bond acceptors (Lipinski definition) is 5. The van der Waals surface area contributed by atoms with Gasteiger partial charge in [0.05, 0.1) is 19.0 Å². The van der Waals surface area contributed by atoms with Crippen molar-refractivity contribution >= 4 is 11.6 Å². The highest BCUT2D eigenvalue weighted by Crippen LogP contribution is 2.37. The minimum Gasteiger partial charge on any atom is -0.497 e. The van der Waals surface area contributed by atoms with E-state index in [2.05, 4.69) is 10.1 Å². The summed E-state index contributed by atoms with van der Waals surface area (Å²) in [7, 11) is 1.47. The third-order valence-corrected chi connectivity index (χ3v) is 7.23. The lowest BCUT2D eigenvalue weighted by Gasteiger charge is -2.39. The molecule has 1 atom stereocenters. The van der Waals surface area contributed by atoms with Gasteiger partial charge in [-0.15, -0.1) is 0 Å². The number of fused-ring (bicyclic) bond motifs is 1. The molecule has 1 amide bonds. The van der Waals surface area contributed by atoms with Crippen LogP contribution in [0, 0.1) is 24.4 Å². The first-order valence-electron chi connectivity index (χ1n) is 12.7. The Morgan fingerprint density at radius 3 is 2.39 bits per heavy atom. The van der Waals surface area contributed by atoms with E-state index in [1.54, 1.807) is 36.1 Å². The highest BCUT2D eigenvalue weighted by atomic mass is 19.4. The zero-order chi connectivity index (χ0) is 29.6. The van der Waals surface area contributed by atoms with E-state index in [0.29, 0.717) is 15.8 Å². The first-order chi connectivity index (χ1) is 19.4. The van der Waals surface area contributed by atoms with Crippen molar-refractivity contribution in [2.24, 2.45) is 0 Å². The lowest BCUT2D eigenvalue weighted by molar-refractivity contribution is -0.143. The number of piperazine rings is 1. The van der Waals surface area contributed by atoms with Crippen molar-refractivity contribution in [3.05, 3.63) is 82.4 Å². The molecule has 0 N–H and O–H groups in total. The summed E-state index contributed by atoms with van der Waals surface area (Å²) < 4.78 is 89.6. The molecule has 7 nitrogen and oxygen atoms in total. The van der Waals surface area contributed by atoms with Crippen LogP contribution in [0.25, 0.3) is 16.9 Å². The molecule has 0 bridgehead atoms. The number of aromatic nitrogens is 3. The molecule has 13 heteroatoms. The molecule has 0 unspecified atom stereocenters. The predicted molar refractivity (Wildman–Crippen MR) is 137 cm³/mol. The molecule has 41 heavy (non-hydrogen) atoms. The number of ether oxygens (including phenoxy) is 1. The van der Waals surface area contributed by atoms with Crippen LogP contribution in [0.3, 0.4) is 0 Å². The van der Waals surface area contributed by atoms with Crippen molar-refractivity contribution in [2.75, 3.05) is 26.7 Å². The van der Waals surface area contributed by atoms with E-state index in [9.17, 15) is 31.1 Å². The first kappa shape index (κ1) is 28.4. The summed E-state index contributed by atoms with van der Waals surface area (Å²) in [5.74, 6) is -4.14. The molecule has 4 aromatic rings. The minimum atomic E-state index is -4.78. The Labute approximate surface area is 231 Å². The fraction of sp³-hybridized carbons (Fsp3) is 0.321. The maximum absolute atomic E-state index is 14.2. The fourth-order valence-electron chi connectivity index (χ4n) is 5.15. The van der Waals surface area contributed by atoms with Crippen LogP contribution in [0.4, 0.5) is 26.3 Å². The van der Waals surface area contributed by atoms with Gasteiger partial charge in [0.2, 0.25) is 0 Å². The maximum atomic E-state index is 14.2. The molecule has 1 aliphatic rings. The Balaban J connectivity index is 1.46. The number of amides is 1. The van der Waals surface area contributed by atoms with Crippen LogP contribution < -0.4 is 4.74 Å². The third kappa shape index (κ3) is 5.21. The predicted octanol–water partition coefficient (Wildman–Crippen LogP) is 5.50. The molecule has 3 heterocycles. The van der Waals surface area contributed by atoms with Gasteiger partial charge in [-0.1, -0.05) is 6.07 Å². The number of nitrogens with zero attached hydrogens (tertiary/aromatic N) is 5. The standard InChI is InChI=1S/C28H25F6N5O2/c1-15-13-37(14-18-6-9-21(29)23(31)22(18)30)10-11-38(15)27(40)20-12-35-39-25(28(32,33)34)16(2)24(36-26(20)39)17-4-7-19(41-3)8-5-17/h4-9,12,15H,10-11,13-14H2,1-3H3/t15-/m1/s1. The molecule has 1 saturated heterocycles. The summed E-state index contributed by atoms with van der Waals surface area (Å²) in [5.41, 5.74) is -1.10. The normalized spacial score (nSPS) is 16.4. The van der Waals surface area contributed by atoms with Gasteiger partial charge in [-0.3, -0.25) is 9.69 Å². The second-order valence-corrected chi connectivity index (χ2v) is 9.87. The highest BCUT2D eigenvalue weighted by molar-refractivity contribution is 6.00. The number of halogens is 6. The summed E-state index contributed by atoms with van der Waals surface area (Å²) in [4.78, 5) is 21.4. The zero-order valence-electron chi connectivity index (χ0n) is 22.3. The Hall–Kier alpha value is -4.13. The lowest BCUT2D eigenvalue weighted by atomic mass is 10.0. The van der Waals surface area contributed by atoms with E-state index >= 15 is 0 Å². The molecule has 0 radical (unpaired) electrons. The highest BCUT2D eigenvalue weighted by Gasteiger charge is 2.39. The van der Waals surface area contributed by atoms with Gasteiger partial charge in [0.15, 0.2) is 28.8 Å². The summed E-state index contributed by atoms with van der Waals surface area (Å²) in [6.07, 6.45) is -3.71. The van der Waals surface area contributed by atoms with Gasteiger partial charge in [-0.25, -0.2) is 22.7 Å². The van der Waals surface area contributed by atoms with E-state index in [-0.39, 0.29) is 54.2 Å². The van der Waals surface area contributed by atoms with Gasteiger partial charge in [0, 0.05) is 48.9 Å². The Kier molecular flexibility index (Phi) is 7.41. The maximum Gasteiger partial charge on any atom is 0.433 e. The molecule has 0 spiro atoms. The van der Waals surface area contributed by atoms with E-state index in [0.717, 1.165) is 12.3 Å². The SMILES string of the molecule is COc1ccc(-c2nc3c(C(=O)N4CCN(Cc5ccc(F)c(F)c5F)C[C@H]4C)cnn3c(C(F)(F)F)c2C)cc1. The second-order valence-electron chi connectivity index (χ2n) is 9.87. The molecule has 0 saturated carbocycles. The third-order valence-electron chi connectivity index (χ3n) is 7.23. The molecule has 1 fully saturated rings. The number of carbonyl (C=O) groups excluding carboxylic acids is 1. The van der Waals surface area contributed by atoms with Crippen LogP contribution >= 0.6 is 0 Å². The number of methoxy groups -OCH3 is 1. The van der Waals surface area contributed by atoms with Crippen LogP contribution in [0.2, 0.25) is 0 Å². The van der Waals surface area contributed by atoms with Crippen molar-refractivity contribution < 1.29 is 35.9 Å². The van der Waals surface area contributed by atoms with Crippen LogP contribution in [-0.2, 0) is 12.7 Å². The monoisotopic (exact) mass is 577 g/mol. The van der Waals surface area contributed by atoms with Gasteiger partial charge in [-0.2, -0.15) is 18.3 Å². The van der Waals surface area contributed by atoms with Gasteiger partial charge in [0.1, 0.15) is 11.3 Å². The largest absolute Gasteiger partial charge is 0.497 e. The fourth-order valence-corrected chi connectivity index (χ4v) is 5.15. The average molecular weight is 578 g/mol. The summed E-state index contributed by atoms with van der Waals surface area (Å²) in [6, 6.07) is 7.95. The molecule has 216 valence electrons. The summed E-state index contributed by atoms with van der Waals surface area (Å²) in [5, 5.41) is 3.89. The van der Waals surface area contributed by atoms with Crippen LogP contribution in [0.15, 0.2) is 42.6 Å². The smallest absolute Gasteiger partial charge is 0.433 e. The summed E-state index contributed by atoms with van der Waals surface area (Å²) in [6.45, 7) is 3.72. The molecule has 0 aliphatic carbocycles. The summed E-state index contributed by atoms with van der Waals surface area (Å²) >= 11 is 0. The molecule has 2 aromatic carbocycles. The lowest BCUT2D eigenvalue weighted by Crippen LogP contribution is -2.53. The van der Waals surface area contributed by atoms with Crippen molar-refractivity contribution in [3.8, 4) is 17.0 Å². The van der Waals surface area contributed by atoms with Gasteiger partial charge < -0.3 is 9.64 Å². The van der Waals surface area contributed by atoms with Crippen molar-refractivity contribution in [2.45, 2.75) is 32.6 Å². The quantitative estimate of drug-likeness (QED) is 0.232. The average Bonchev–Trinajstić information content (AvgIpc) is 3.35. The number of benzene rings is 2. The van der Waals surface area contributed by atoms with Crippen molar-refractivity contribution in [3.63, 3.8) is 0 Å². The Morgan fingerprint density at radius 2 is 1.76 bits per heavy atom. The minimum absolute atomic E-state index is 0.00683. The number of hydrogen-bond donors (Lipinski definition) is 0. The Morgan fingerprint density at radius 1 is 1.05 bits per heavy atom.